The maximum atomic E-state index is 4.70. The molecule has 0 spiro atoms. The molecule has 2 aromatic heterocycles. The summed E-state index contributed by atoms with van der Waals surface area (Å²) in [5, 5.41) is 8.23. The van der Waals surface area contributed by atoms with Crippen molar-refractivity contribution >= 4 is 5.82 Å². The first kappa shape index (κ1) is 18.4. The second-order valence-electron chi connectivity index (χ2n) is 6.85. The molecule has 2 heterocycles. The number of hydrogen-bond acceptors (Lipinski definition) is 5. The van der Waals surface area contributed by atoms with Crippen molar-refractivity contribution in [1.29, 1.82) is 0 Å². The third-order valence-electron chi connectivity index (χ3n) is 3.97. The molecule has 1 N–H and O–H groups in total. The van der Waals surface area contributed by atoms with Crippen LogP contribution >= 0.6 is 0 Å². The van der Waals surface area contributed by atoms with Crippen LogP contribution in [0.2, 0.25) is 0 Å². The minimum atomic E-state index is 0.407. The van der Waals surface area contributed by atoms with Gasteiger partial charge in [0.05, 0.1) is 5.69 Å². The quantitative estimate of drug-likeness (QED) is 0.790. The van der Waals surface area contributed by atoms with Gasteiger partial charge in [-0.05, 0) is 25.8 Å². The molecule has 2 aromatic rings. The highest BCUT2D eigenvalue weighted by Gasteiger charge is 2.19. The summed E-state index contributed by atoms with van der Waals surface area (Å²) in [6.07, 6.45) is 0.830. The van der Waals surface area contributed by atoms with Gasteiger partial charge in [-0.15, -0.1) is 0 Å². The first-order chi connectivity index (χ1) is 11.3. The van der Waals surface area contributed by atoms with E-state index in [-0.39, 0.29) is 0 Å². The van der Waals surface area contributed by atoms with E-state index < -0.39 is 0 Å². The molecule has 2 rings (SSSR count). The predicted octanol–water partition coefficient (Wildman–Crippen LogP) is 2.35. The molecule has 0 atom stereocenters. The van der Waals surface area contributed by atoms with Crippen LogP contribution in [0.15, 0.2) is 6.07 Å². The van der Waals surface area contributed by atoms with Crippen molar-refractivity contribution in [2.45, 2.75) is 46.6 Å². The van der Waals surface area contributed by atoms with Crippen LogP contribution in [0, 0.1) is 13.8 Å². The van der Waals surface area contributed by atoms with E-state index in [1.165, 1.54) is 5.56 Å². The van der Waals surface area contributed by atoms with E-state index in [0.29, 0.717) is 5.92 Å². The number of aromatic nitrogens is 4. The first-order valence-electron chi connectivity index (χ1n) is 8.54. The van der Waals surface area contributed by atoms with E-state index >= 15 is 0 Å². The second-order valence-corrected chi connectivity index (χ2v) is 6.85. The van der Waals surface area contributed by atoms with Crippen molar-refractivity contribution in [1.82, 2.24) is 25.1 Å². The van der Waals surface area contributed by atoms with E-state index in [1.54, 1.807) is 0 Å². The first-order valence-corrected chi connectivity index (χ1v) is 8.54. The van der Waals surface area contributed by atoms with Crippen molar-refractivity contribution in [3.63, 3.8) is 0 Å². The molecule has 24 heavy (non-hydrogen) atoms. The Labute approximate surface area is 145 Å². The molecule has 0 amide bonds. The van der Waals surface area contributed by atoms with Crippen LogP contribution in [0.3, 0.4) is 0 Å². The average molecular weight is 330 g/mol. The van der Waals surface area contributed by atoms with Crippen LogP contribution in [-0.4, -0.2) is 40.4 Å². The van der Waals surface area contributed by atoms with Gasteiger partial charge in [-0.3, -0.25) is 4.68 Å². The summed E-state index contributed by atoms with van der Waals surface area (Å²) >= 11 is 0. The van der Waals surface area contributed by atoms with Crippen molar-refractivity contribution in [2.24, 2.45) is 7.05 Å². The lowest BCUT2D eigenvalue weighted by Gasteiger charge is -2.16. The van der Waals surface area contributed by atoms with Gasteiger partial charge in [0.1, 0.15) is 11.6 Å². The normalized spacial score (nSPS) is 11.3. The van der Waals surface area contributed by atoms with Gasteiger partial charge in [-0.1, -0.05) is 13.8 Å². The van der Waals surface area contributed by atoms with Crippen LogP contribution in [0.25, 0.3) is 0 Å². The Morgan fingerprint density at radius 1 is 1.17 bits per heavy atom. The fourth-order valence-electron chi connectivity index (χ4n) is 3.10. The minimum Gasteiger partial charge on any atom is -0.363 e. The Morgan fingerprint density at radius 3 is 2.33 bits per heavy atom. The number of anilines is 1. The fourth-order valence-corrected chi connectivity index (χ4v) is 3.10. The lowest BCUT2D eigenvalue weighted by atomic mass is 10.1. The summed E-state index contributed by atoms with van der Waals surface area (Å²) in [5.41, 5.74) is 4.50. The topological polar surface area (TPSA) is 58.9 Å². The van der Waals surface area contributed by atoms with E-state index in [2.05, 4.69) is 48.1 Å². The lowest BCUT2D eigenvalue weighted by Crippen LogP contribution is -2.21. The Bertz CT molecular complexity index is 667. The smallest absolute Gasteiger partial charge is 0.130 e. The van der Waals surface area contributed by atoms with Crippen LogP contribution in [0.5, 0.6) is 0 Å². The Kier molecular flexibility index (Phi) is 5.94. The zero-order valence-corrected chi connectivity index (χ0v) is 16.0. The Balaban J connectivity index is 2.03. The molecule has 0 aromatic carbocycles. The Hall–Kier alpha value is -1.95. The summed E-state index contributed by atoms with van der Waals surface area (Å²) in [5.74, 6) is 2.47. The largest absolute Gasteiger partial charge is 0.363 e. The molecule has 0 radical (unpaired) electrons. The van der Waals surface area contributed by atoms with Gasteiger partial charge in [-0.25, -0.2) is 9.97 Å². The molecule has 0 aliphatic heterocycles. The van der Waals surface area contributed by atoms with E-state index in [0.717, 1.165) is 48.2 Å². The zero-order chi connectivity index (χ0) is 17.9. The summed E-state index contributed by atoms with van der Waals surface area (Å²) in [4.78, 5) is 11.1. The molecule has 0 saturated heterocycles. The molecular formula is C18H30N6. The molecule has 0 fully saturated rings. The molecule has 6 heteroatoms. The van der Waals surface area contributed by atoms with Crippen LogP contribution < -0.4 is 10.2 Å². The van der Waals surface area contributed by atoms with Crippen molar-refractivity contribution < 1.29 is 0 Å². The van der Waals surface area contributed by atoms with Crippen LogP contribution in [0.1, 0.15) is 48.2 Å². The third-order valence-corrected chi connectivity index (χ3v) is 3.97. The highest BCUT2D eigenvalue weighted by molar-refractivity contribution is 5.50. The maximum Gasteiger partial charge on any atom is 0.130 e. The maximum absolute atomic E-state index is 4.70. The zero-order valence-electron chi connectivity index (χ0n) is 16.0. The highest BCUT2D eigenvalue weighted by Crippen LogP contribution is 2.26. The van der Waals surface area contributed by atoms with Gasteiger partial charge in [0.15, 0.2) is 0 Å². The van der Waals surface area contributed by atoms with Crippen molar-refractivity contribution in [3.8, 4) is 0 Å². The molecule has 0 saturated carbocycles. The van der Waals surface area contributed by atoms with Crippen molar-refractivity contribution in [3.05, 3.63) is 34.5 Å². The van der Waals surface area contributed by atoms with E-state index in [9.17, 15) is 0 Å². The fraction of sp³-hybridized carbons (Fsp3) is 0.611. The van der Waals surface area contributed by atoms with E-state index in [1.807, 2.05) is 31.6 Å². The van der Waals surface area contributed by atoms with E-state index in [4.69, 9.17) is 5.10 Å². The predicted molar refractivity (Wildman–Crippen MR) is 98.5 cm³/mol. The summed E-state index contributed by atoms with van der Waals surface area (Å²) in [6, 6.07) is 2.00. The Morgan fingerprint density at radius 2 is 1.79 bits per heavy atom. The standard InChI is InChI=1S/C18H30N6/c1-12(2)17-15(18(23(5)6)24(7)22-17)11-19-9-8-16-20-13(3)10-14(4)21-16/h10,12,19H,8-9,11H2,1-7H3. The number of rotatable bonds is 7. The van der Waals surface area contributed by atoms with Gasteiger partial charge >= 0.3 is 0 Å². The van der Waals surface area contributed by atoms with Gasteiger partial charge in [0, 0.05) is 57.6 Å². The number of hydrogen-bond donors (Lipinski definition) is 1. The molecule has 0 bridgehead atoms. The van der Waals surface area contributed by atoms with Gasteiger partial charge in [-0.2, -0.15) is 5.10 Å². The monoisotopic (exact) mass is 330 g/mol. The van der Waals surface area contributed by atoms with Gasteiger partial charge in [0.25, 0.3) is 0 Å². The summed E-state index contributed by atoms with van der Waals surface area (Å²) in [6.45, 7) is 10.1. The molecule has 0 aliphatic carbocycles. The minimum absolute atomic E-state index is 0.407. The molecular weight excluding hydrogens is 300 g/mol. The summed E-state index contributed by atoms with van der Waals surface area (Å²) < 4.78 is 1.97. The van der Waals surface area contributed by atoms with Crippen LogP contribution in [0.4, 0.5) is 5.82 Å². The average Bonchev–Trinajstić information content (AvgIpc) is 2.79. The van der Waals surface area contributed by atoms with Gasteiger partial charge < -0.3 is 10.2 Å². The molecule has 0 aliphatic rings. The van der Waals surface area contributed by atoms with Crippen LogP contribution in [-0.2, 0) is 20.0 Å². The number of nitrogens with zero attached hydrogens (tertiary/aromatic N) is 5. The molecule has 132 valence electrons. The summed E-state index contributed by atoms with van der Waals surface area (Å²) in [7, 11) is 6.13. The number of aryl methyl sites for hydroxylation is 3. The second kappa shape index (κ2) is 7.75. The SMILES string of the molecule is Cc1cc(C)nc(CCNCc2c(C(C)C)nn(C)c2N(C)C)n1. The highest BCUT2D eigenvalue weighted by atomic mass is 15.4. The lowest BCUT2D eigenvalue weighted by molar-refractivity contribution is 0.658. The molecule has 6 nitrogen and oxygen atoms in total. The molecule has 0 unspecified atom stereocenters. The van der Waals surface area contributed by atoms with Gasteiger partial charge in [0.2, 0.25) is 0 Å². The van der Waals surface area contributed by atoms with Crippen molar-refractivity contribution in [2.75, 3.05) is 25.5 Å². The third kappa shape index (κ3) is 4.32. The number of nitrogens with one attached hydrogen (secondary N) is 1.